The first kappa shape index (κ1) is 12.0. The fourth-order valence-corrected chi connectivity index (χ4v) is 3.04. The monoisotopic (exact) mass is 269 g/mol. The molecule has 98 valence electrons. The molecule has 0 bridgehead atoms. The number of hydrogen-bond acceptors (Lipinski definition) is 7. The van der Waals surface area contributed by atoms with E-state index < -0.39 is 5.54 Å². The van der Waals surface area contributed by atoms with Crippen molar-refractivity contribution in [2.45, 2.75) is 25.0 Å². The van der Waals surface area contributed by atoms with Gasteiger partial charge in [0.25, 0.3) is 0 Å². The Morgan fingerprint density at radius 2 is 2.22 bits per heavy atom. The molecular formula is C10H15N5O2S. The number of nitrogens with zero attached hydrogens (tertiary/aromatic N) is 4. The molecule has 18 heavy (non-hydrogen) atoms. The van der Waals surface area contributed by atoms with Crippen LogP contribution in [0.1, 0.15) is 23.7 Å². The minimum atomic E-state index is -0.395. The van der Waals surface area contributed by atoms with Crippen LogP contribution in [0.2, 0.25) is 0 Å². The molecule has 7 nitrogen and oxygen atoms in total. The normalized spacial score (nSPS) is 19.4. The minimum absolute atomic E-state index is 0.394. The highest BCUT2D eigenvalue weighted by molar-refractivity contribution is 7.16. The van der Waals surface area contributed by atoms with E-state index >= 15 is 0 Å². The first-order valence-corrected chi connectivity index (χ1v) is 6.62. The van der Waals surface area contributed by atoms with E-state index in [0.717, 1.165) is 22.8 Å². The first-order chi connectivity index (χ1) is 8.73. The highest BCUT2D eigenvalue weighted by Crippen LogP contribution is 2.32. The molecule has 8 heteroatoms. The van der Waals surface area contributed by atoms with Crippen molar-refractivity contribution in [3.05, 3.63) is 10.8 Å². The lowest BCUT2D eigenvalue weighted by Gasteiger charge is -2.30. The lowest BCUT2D eigenvalue weighted by Crippen LogP contribution is -2.42. The van der Waals surface area contributed by atoms with Gasteiger partial charge >= 0.3 is 0 Å². The Morgan fingerprint density at radius 3 is 2.94 bits per heavy atom. The Balaban J connectivity index is 1.97. The van der Waals surface area contributed by atoms with Crippen LogP contribution < -0.4 is 5.73 Å². The van der Waals surface area contributed by atoms with E-state index in [1.54, 1.807) is 11.6 Å². The van der Waals surface area contributed by atoms with Crippen LogP contribution in [0.25, 0.3) is 4.96 Å². The predicted molar refractivity (Wildman–Crippen MR) is 65.3 cm³/mol. The zero-order valence-electron chi connectivity index (χ0n) is 10.1. The Bertz CT molecular complexity index is 545. The molecule has 0 unspecified atom stereocenters. The van der Waals surface area contributed by atoms with E-state index in [1.807, 2.05) is 0 Å². The van der Waals surface area contributed by atoms with E-state index in [-0.39, 0.29) is 0 Å². The number of methoxy groups -OCH3 is 1. The third-order valence-electron chi connectivity index (χ3n) is 3.14. The number of aromatic nitrogens is 4. The molecule has 0 spiro atoms. The van der Waals surface area contributed by atoms with Crippen molar-refractivity contribution in [1.29, 1.82) is 0 Å². The second-order valence-corrected chi connectivity index (χ2v) is 5.38. The van der Waals surface area contributed by atoms with E-state index in [2.05, 4.69) is 15.3 Å². The van der Waals surface area contributed by atoms with E-state index in [4.69, 9.17) is 15.2 Å². The summed E-state index contributed by atoms with van der Waals surface area (Å²) in [6.07, 6.45) is 1.58. The Labute approximate surface area is 108 Å². The van der Waals surface area contributed by atoms with Crippen LogP contribution in [-0.4, -0.2) is 40.1 Å². The summed E-state index contributed by atoms with van der Waals surface area (Å²) in [5, 5.41) is 13.5. The van der Waals surface area contributed by atoms with Crippen molar-refractivity contribution in [3.8, 4) is 0 Å². The zero-order chi connectivity index (χ0) is 12.6. The number of nitrogens with two attached hydrogens (primary N) is 1. The van der Waals surface area contributed by atoms with Crippen LogP contribution in [-0.2, 0) is 21.6 Å². The molecule has 1 saturated heterocycles. The summed E-state index contributed by atoms with van der Waals surface area (Å²) in [7, 11) is 1.62. The number of hydrogen-bond donors (Lipinski definition) is 1. The highest BCUT2D eigenvalue weighted by atomic mass is 32.1. The Morgan fingerprint density at radius 1 is 1.44 bits per heavy atom. The van der Waals surface area contributed by atoms with Gasteiger partial charge in [0, 0.05) is 20.3 Å². The smallest absolute Gasteiger partial charge is 0.234 e. The van der Waals surface area contributed by atoms with Crippen molar-refractivity contribution >= 4 is 16.3 Å². The van der Waals surface area contributed by atoms with E-state index in [9.17, 15) is 0 Å². The molecule has 0 amide bonds. The predicted octanol–water partition coefficient (Wildman–Crippen LogP) is 0.297. The minimum Gasteiger partial charge on any atom is -0.381 e. The van der Waals surface area contributed by atoms with Crippen LogP contribution in [0, 0.1) is 0 Å². The van der Waals surface area contributed by atoms with Crippen molar-refractivity contribution < 1.29 is 9.47 Å². The largest absolute Gasteiger partial charge is 0.381 e. The standard InChI is InChI=1S/C10H15N5O2S/c1-16-6-7-12-13-9-15(7)14-8(18-9)10(11)2-4-17-5-3-10/h2-6,11H2,1H3. The summed E-state index contributed by atoms with van der Waals surface area (Å²) in [5.41, 5.74) is 6.01. The van der Waals surface area contributed by atoms with E-state index in [1.165, 1.54) is 11.3 Å². The van der Waals surface area contributed by atoms with E-state index in [0.29, 0.717) is 25.6 Å². The molecule has 3 rings (SSSR count). The van der Waals surface area contributed by atoms with Crippen LogP contribution in [0.15, 0.2) is 0 Å². The van der Waals surface area contributed by atoms with Gasteiger partial charge in [-0.25, -0.2) is 0 Å². The zero-order valence-corrected chi connectivity index (χ0v) is 10.9. The fraction of sp³-hybridized carbons (Fsp3) is 0.700. The highest BCUT2D eigenvalue weighted by Gasteiger charge is 2.34. The summed E-state index contributed by atoms with van der Waals surface area (Å²) >= 11 is 1.49. The van der Waals surface area contributed by atoms with Gasteiger partial charge in [0.15, 0.2) is 5.82 Å². The molecular weight excluding hydrogens is 254 g/mol. The molecule has 1 aliphatic rings. The average Bonchev–Trinajstić information content (AvgIpc) is 2.93. The maximum absolute atomic E-state index is 6.40. The summed E-state index contributed by atoms with van der Waals surface area (Å²) in [6.45, 7) is 1.76. The molecule has 0 atom stereocenters. The van der Waals surface area contributed by atoms with Crippen LogP contribution in [0.4, 0.5) is 0 Å². The van der Waals surface area contributed by atoms with Gasteiger partial charge in [0.05, 0.1) is 5.54 Å². The molecule has 0 aromatic carbocycles. The maximum atomic E-state index is 6.40. The molecule has 1 aliphatic heterocycles. The molecule has 0 saturated carbocycles. The second kappa shape index (κ2) is 4.54. The van der Waals surface area contributed by atoms with Crippen LogP contribution >= 0.6 is 11.3 Å². The van der Waals surface area contributed by atoms with Gasteiger partial charge in [-0.15, -0.1) is 10.2 Å². The van der Waals surface area contributed by atoms with Crippen LogP contribution in [0.3, 0.4) is 0 Å². The third kappa shape index (κ3) is 1.91. The number of rotatable bonds is 3. The van der Waals surface area contributed by atoms with Crippen molar-refractivity contribution in [2.75, 3.05) is 20.3 Å². The lowest BCUT2D eigenvalue weighted by atomic mass is 9.92. The van der Waals surface area contributed by atoms with Gasteiger partial charge in [-0.2, -0.15) is 9.61 Å². The molecule has 1 fully saturated rings. The molecule has 2 N–H and O–H groups in total. The van der Waals surface area contributed by atoms with Gasteiger partial charge in [-0.3, -0.25) is 0 Å². The van der Waals surface area contributed by atoms with Crippen molar-refractivity contribution in [3.63, 3.8) is 0 Å². The number of ether oxygens (including phenoxy) is 2. The topological polar surface area (TPSA) is 87.6 Å². The van der Waals surface area contributed by atoms with Gasteiger partial charge < -0.3 is 15.2 Å². The van der Waals surface area contributed by atoms with Gasteiger partial charge in [-0.1, -0.05) is 11.3 Å². The Kier molecular flexibility index (Phi) is 3.02. The van der Waals surface area contributed by atoms with Gasteiger partial charge in [0.1, 0.15) is 11.6 Å². The molecule has 2 aromatic rings. The molecule has 0 aliphatic carbocycles. The average molecular weight is 269 g/mol. The summed E-state index contributed by atoms with van der Waals surface area (Å²) in [4.78, 5) is 0.758. The molecule has 2 aromatic heterocycles. The quantitative estimate of drug-likeness (QED) is 0.862. The van der Waals surface area contributed by atoms with Gasteiger partial charge in [0.2, 0.25) is 4.96 Å². The first-order valence-electron chi connectivity index (χ1n) is 5.80. The maximum Gasteiger partial charge on any atom is 0.234 e. The second-order valence-electron chi connectivity index (χ2n) is 4.42. The van der Waals surface area contributed by atoms with Gasteiger partial charge in [-0.05, 0) is 12.8 Å². The molecule has 0 radical (unpaired) electrons. The number of fused-ring (bicyclic) bond motifs is 1. The summed E-state index contributed by atoms with van der Waals surface area (Å²) < 4.78 is 12.1. The van der Waals surface area contributed by atoms with Crippen molar-refractivity contribution in [1.82, 2.24) is 19.8 Å². The van der Waals surface area contributed by atoms with Crippen molar-refractivity contribution in [2.24, 2.45) is 5.73 Å². The summed E-state index contributed by atoms with van der Waals surface area (Å²) in [6, 6.07) is 0. The fourth-order valence-electron chi connectivity index (χ4n) is 2.03. The van der Waals surface area contributed by atoms with Crippen LogP contribution in [0.5, 0.6) is 0 Å². The Hall–Kier alpha value is -1.09. The lowest BCUT2D eigenvalue weighted by molar-refractivity contribution is 0.0518. The molecule has 3 heterocycles. The summed E-state index contributed by atoms with van der Waals surface area (Å²) in [5.74, 6) is 0.700. The third-order valence-corrected chi connectivity index (χ3v) is 4.26. The SMILES string of the molecule is COCc1nnc2sc(C3(N)CCOCC3)nn12.